The molecule has 5 nitrogen and oxygen atoms in total. The quantitative estimate of drug-likeness (QED) is 0.271. The molecule has 1 unspecified atom stereocenters. The Kier molecular flexibility index (Phi) is 7.08. The summed E-state index contributed by atoms with van der Waals surface area (Å²) in [6.07, 6.45) is 3.93. The van der Waals surface area contributed by atoms with Crippen LogP contribution in [0.25, 0.3) is 11.0 Å². The van der Waals surface area contributed by atoms with Crippen molar-refractivity contribution in [3.05, 3.63) is 89.2 Å². The molecule has 1 atom stereocenters. The summed E-state index contributed by atoms with van der Waals surface area (Å²) in [5.74, 6) is 2.09. The lowest BCUT2D eigenvalue weighted by Crippen LogP contribution is -2.24. The van der Waals surface area contributed by atoms with Gasteiger partial charge in [-0.2, -0.15) is 0 Å². The van der Waals surface area contributed by atoms with Gasteiger partial charge in [0.2, 0.25) is 5.91 Å². The number of carbonyl (C=O) groups is 1. The van der Waals surface area contributed by atoms with Gasteiger partial charge in [-0.25, -0.2) is 4.98 Å². The zero-order chi connectivity index (χ0) is 25.1. The minimum Gasteiger partial charge on any atom is -0.491 e. The fourth-order valence-electron chi connectivity index (χ4n) is 5.20. The van der Waals surface area contributed by atoms with Gasteiger partial charge >= 0.3 is 0 Å². The van der Waals surface area contributed by atoms with E-state index in [0.717, 1.165) is 40.3 Å². The highest BCUT2D eigenvalue weighted by Crippen LogP contribution is 2.33. The highest BCUT2D eigenvalue weighted by molar-refractivity contribution is 5.96. The Morgan fingerprint density at radius 2 is 1.83 bits per heavy atom. The molecular formula is C31H35N3O2. The van der Waals surface area contributed by atoms with E-state index in [-0.39, 0.29) is 11.8 Å². The Morgan fingerprint density at radius 1 is 1.03 bits per heavy atom. The lowest BCUT2D eigenvalue weighted by Gasteiger charge is -2.18. The summed E-state index contributed by atoms with van der Waals surface area (Å²) in [5.41, 5.74) is 6.73. The van der Waals surface area contributed by atoms with E-state index in [1.807, 2.05) is 29.2 Å². The molecule has 1 aliphatic heterocycles. The highest BCUT2D eigenvalue weighted by Gasteiger charge is 2.34. The third kappa shape index (κ3) is 5.01. The van der Waals surface area contributed by atoms with Crippen LogP contribution in [0.5, 0.6) is 5.75 Å². The Balaban J connectivity index is 1.35. The number of benzene rings is 3. The van der Waals surface area contributed by atoms with Crippen molar-refractivity contribution in [3.63, 3.8) is 0 Å². The normalized spacial score (nSPS) is 15.7. The van der Waals surface area contributed by atoms with E-state index < -0.39 is 0 Å². The molecule has 1 aromatic heterocycles. The van der Waals surface area contributed by atoms with E-state index in [0.29, 0.717) is 26.1 Å². The first kappa shape index (κ1) is 24.1. The first-order valence-corrected chi connectivity index (χ1v) is 13.1. The number of unbranched alkanes of at least 4 members (excludes halogenated alkanes) is 1. The molecule has 0 radical (unpaired) electrons. The van der Waals surface area contributed by atoms with Crippen LogP contribution in [0, 0.1) is 13.8 Å². The van der Waals surface area contributed by atoms with Crippen molar-refractivity contribution in [2.24, 2.45) is 0 Å². The van der Waals surface area contributed by atoms with Crippen molar-refractivity contribution < 1.29 is 9.53 Å². The first-order chi connectivity index (χ1) is 17.5. The summed E-state index contributed by atoms with van der Waals surface area (Å²) in [7, 11) is 0. The molecule has 1 aliphatic rings. The Labute approximate surface area is 213 Å². The number of imidazole rings is 1. The van der Waals surface area contributed by atoms with Crippen LogP contribution < -0.4 is 9.64 Å². The first-order valence-electron chi connectivity index (χ1n) is 13.1. The average Bonchev–Trinajstić information content (AvgIpc) is 3.45. The minimum absolute atomic E-state index is 0.0470. The van der Waals surface area contributed by atoms with E-state index in [2.05, 4.69) is 67.8 Å². The molecule has 0 saturated carbocycles. The van der Waals surface area contributed by atoms with E-state index in [1.165, 1.54) is 24.0 Å². The second kappa shape index (κ2) is 10.6. The molecule has 1 fully saturated rings. The molecule has 3 aromatic carbocycles. The maximum absolute atomic E-state index is 13.1. The maximum atomic E-state index is 13.1. The van der Waals surface area contributed by atoms with Crippen LogP contribution in [0.4, 0.5) is 5.69 Å². The van der Waals surface area contributed by atoms with Crippen molar-refractivity contribution in [2.45, 2.75) is 58.9 Å². The predicted molar refractivity (Wildman–Crippen MR) is 146 cm³/mol. The van der Waals surface area contributed by atoms with Crippen molar-refractivity contribution in [1.29, 1.82) is 0 Å². The average molecular weight is 482 g/mol. The molecule has 0 bridgehead atoms. The topological polar surface area (TPSA) is 47.4 Å². The van der Waals surface area contributed by atoms with Gasteiger partial charge in [-0.15, -0.1) is 0 Å². The minimum atomic E-state index is 0.0470. The summed E-state index contributed by atoms with van der Waals surface area (Å²) < 4.78 is 8.40. The van der Waals surface area contributed by atoms with Crippen LogP contribution in [-0.4, -0.2) is 28.6 Å². The van der Waals surface area contributed by atoms with Gasteiger partial charge in [0, 0.05) is 24.6 Å². The molecular weight excluding hydrogens is 446 g/mol. The number of rotatable bonds is 9. The lowest BCUT2D eigenvalue weighted by atomic mass is 10.1. The number of hydrogen-bond donors (Lipinski definition) is 0. The highest BCUT2D eigenvalue weighted by atomic mass is 16.5. The van der Waals surface area contributed by atoms with Crippen LogP contribution in [-0.2, 0) is 17.8 Å². The Morgan fingerprint density at radius 3 is 2.61 bits per heavy atom. The van der Waals surface area contributed by atoms with E-state index >= 15 is 0 Å². The number of ether oxygens (including phenoxy) is 1. The number of hydrogen-bond acceptors (Lipinski definition) is 3. The van der Waals surface area contributed by atoms with Gasteiger partial charge in [0.15, 0.2) is 0 Å². The molecule has 0 aliphatic carbocycles. The summed E-state index contributed by atoms with van der Waals surface area (Å²) in [4.78, 5) is 20.0. The number of nitrogens with zero attached hydrogens (tertiary/aromatic N) is 3. The van der Waals surface area contributed by atoms with Gasteiger partial charge in [-0.1, -0.05) is 55.3 Å². The van der Waals surface area contributed by atoms with Gasteiger partial charge < -0.3 is 14.2 Å². The van der Waals surface area contributed by atoms with Crippen molar-refractivity contribution in [1.82, 2.24) is 9.55 Å². The van der Waals surface area contributed by atoms with Gasteiger partial charge in [0.1, 0.15) is 18.2 Å². The maximum Gasteiger partial charge on any atom is 0.227 e. The van der Waals surface area contributed by atoms with Gasteiger partial charge in [0.05, 0.1) is 17.6 Å². The van der Waals surface area contributed by atoms with E-state index in [9.17, 15) is 4.79 Å². The zero-order valence-electron chi connectivity index (χ0n) is 21.5. The largest absolute Gasteiger partial charge is 0.491 e. The van der Waals surface area contributed by atoms with Crippen molar-refractivity contribution in [2.75, 3.05) is 18.1 Å². The number of aryl methyl sites for hydroxylation is 3. The number of aromatic nitrogens is 2. The van der Waals surface area contributed by atoms with Crippen LogP contribution in [0.1, 0.15) is 54.6 Å². The SMILES string of the molecule is CCCCc1ccc(N2CC(c3nc4ccccc4n3CCOc3ccc(C)cc3C)CC2=O)cc1. The monoisotopic (exact) mass is 481 g/mol. The van der Waals surface area contributed by atoms with E-state index in [1.54, 1.807) is 0 Å². The fraction of sp³-hybridized carbons (Fsp3) is 0.355. The molecule has 1 saturated heterocycles. The summed E-state index contributed by atoms with van der Waals surface area (Å²) in [6.45, 7) is 8.25. The molecule has 5 heteroatoms. The Bertz CT molecular complexity index is 1360. The molecule has 186 valence electrons. The standard InChI is InChI=1S/C31H35N3O2/c1-4-5-8-24-12-14-26(15-13-24)34-21-25(20-30(34)35)31-32-27-9-6-7-10-28(27)33(31)17-18-36-29-16-11-22(2)19-23(29)3/h6-7,9-16,19,25H,4-5,8,17-18,20-21H2,1-3H3. The van der Waals surface area contributed by atoms with Crippen LogP contribution in [0.3, 0.4) is 0 Å². The van der Waals surface area contributed by atoms with Crippen LogP contribution >= 0.6 is 0 Å². The summed E-state index contributed by atoms with van der Waals surface area (Å²) in [6, 6.07) is 23.0. The van der Waals surface area contributed by atoms with Gasteiger partial charge in [0.25, 0.3) is 0 Å². The van der Waals surface area contributed by atoms with Crippen LogP contribution in [0.15, 0.2) is 66.7 Å². The zero-order valence-corrected chi connectivity index (χ0v) is 21.5. The number of carbonyl (C=O) groups excluding carboxylic acids is 1. The smallest absolute Gasteiger partial charge is 0.227 e. The molecule has 1 amide bonds. The van der Waals surface area contributed by atoms with Crippen molar-refractivity contribution in [3.8, 4) is 5.75 Å². The number of anilines is 1. The van der Waals surface area contributed by atoms with Gasteiger partial charge in [-0.3, -0.25) is 4.79 Å². The second-order valence-corrected chi connectivity index (χ2v) is 9.90. The molecule has 4 aromatic rings. The molecule has 0 N–H and O–H groups in total. The van der Waals surface area contributed by atoms with Gasteiger partial charge in [-0.05, 0) is 68.1 Å². The fourth-order valence-corrected chi connectivity index (χ4v) is 5.20. The predicted octanol–water partition coefficient (Wildman–Crippen LogP) is 6.60. The third-order valence-electron chi connectivity index (χ3n) is 7.14. The summed E-state index contributed by atoms with van der Waals surface area (Å²) >= 11 is 0. The number of amides is 1. The van der Waals surface area contributed by atoms with Crippen molar-refractivity contribution >= 4 is 22.6 Å². The molecule has 0 spiro atoms. The molecule has 2 heterocycles. The molecule has 5 rings (SSSR count). The van der Waals surface area contributed by atoms with E-state index in [4.69, 9.17) is 9.72 Å². The molecule has 36 heavy (non-hydrogen) atoms. The number of para-hydroxylation sites is 2. The second-order valence-electron chi connectivity index (χ2n) is 9.90. The third-order valence-corrected chi connectivity index (χ3v) is 7.14. The number of fused-ring (bicyclic) bond motifs is 1. The van der Waals surface area contributed by atoms with Crippen LogP contribution in [0.2, 0.25) is 0 Å². The Hall–Kier alpha value is -3.60. The summed E-state index contributed by atoms with van der Waals surface area (Å²) in [5, 5.41) is 0. The lowest BCUT2D eigenvalue weighted by molar-refractivity contribution is -0.117.